The Morgan fingerprint density at radius 2 is 1.91 bits per heavy atom. The number of phenolic OH excluding ortho intramolecular Hbond substituents is 1. The van der Waals surface area contributed by atoms with Gasteiger partial charge in [0.1, 0.15) is 5.75 Å². The molecule has 0 bridgehead atoms. The fraction of sp³-hybridized carbons (Fsp3) is 0. The molecule has 0 aromatic heterocycles. The fourth-order valence-electron chi connectivity index (χ4n) is 0.709. The summed E-state index contributed by atoms with van der Waals surface area (Å²) in [6, 6.07) is 6.67. The van der Waals surface area contributed by atoms with Crippen LogP contribution in [0.15, 0.2) is 30.5 Å². The van der Waals surface area contributed by atoms with E-state index in [9.17, 15) is 0 Å². The van der Waals surface area contributed by atoms with E-state index >= 15 is 0 Å². The van der Waals surface area contributed by atoms with Crippen molar-refractivity contribution >= 4 is 6.08 Å². The van der Waals surface area contributed by atoms with Crippen molar-refractivity contribution in [3.63, 3.8) is 0 Å². The van der Waals surface area contributed by atoms with Gasteiger partial charge in [0, 0.05) is 0 Å². The first-order valence-electron chi connectivity index (χ1n) is 3.15. The van der Waals surface area contributed by atoms with Gasteiger partial charge in [0.05, 0.1) is 6.57 Å². The van der Waals surface area contributed by atoms with Crippen LogP contribution in [-0.4, -0.2) is 5.11 Å². The zero-order valence-corrected chi connectivity index (χ0v) is 5.86. The minimum Gasteiger partial charge on any atom is -0.508 e. The number of aromatic hydroxyl groups is 1. The maximum atomic E-state index is 8.90. The van der Waals surface area contributed by atoms with Crippen LogP contribution in [0, 0.1) is 6.57 Å². The molecule has 0 aliphatic rings. The molecule has 0 unspecified atom stereocenters. The quantitative estimate of drug-likeness (QED) is 0.602. The molecule has 54 valence electrons. The first-order valence-corrected chi connectivity index (χ1v) is 3.15. The van der Waals surface area contributed by atoms with Gasteiger partial charge in [-0.15, -0.1) is 0 Å². The normalized spacial score (nSPS) is 9.73. The van der Waals surface area contributed by atoms with Gasteiger partial charge in [-0.2, -0.15) is 0 Å². The van der Waals surface area contributed by atoms with Crippen molar-refractivity contribution < 1.29 is 5.11 Å². The van der Waals surface area contributed by atoms with Crippen LogP contribution in [0.5, 0.6) is 5.75 Å². The lowest BCUT2D eigenvalue weighted by atomic mass is 10.2. The molecule has 0 saturated carbocycles. The van der Waals surface area contributed by atoms with Gasteiger partial charge in [0.2, 0.25) is 0 Å². The van der Waals surface area contributed by atoms with Crippen LogP contribution in [0.25, 0.3) is 10.9 Å². The first-order chi connectivity index (χ1) is 5.33. The van der Waals surface area contributed by atoms with Crippen LogP contribution in [0.4, 0.5) is 0 Å². The zero-order valence-electron chi connectivity index (χ0n) is 5.86. The lowest BCUT2D eigenvalue weighted by molar-refractivity contribution is 0.475. The van der Waals surface area contributed by atoms with Crippen LogP contribution < -0.4 is 0 Å². The van der Waals surface area contributed by atoms with E-state index in [1.807, 2.05) is 0 Å². The summed E-state index contributed by atoms with van der Waals surface area (Å²) < 4.78 is 0. The lowest BCUT2D eigenvalue weighted by Crippen LogP contribution is -1.68. The molecule has 0 saturated heterocycles. The molecule has 2 heteroatoms. The predicted octanol–water partition coefficient (Wildman–Crippen LogP) is 2.28. The second-order valence-corrected chi connectivity index (χ2v) is 2.04. The van der Waals surface area contributed by atoms with Crippen LogP contribution in [0.2, 0.25) is 0 Å². The molecule has 1 aromatic carbocycles. The zero-order chi connectivity index (χ0) is 8.10. The van der Waals surface area contributed by atoms with Crippen LogP contribution in [0.3, 0.4) is 0 Å². The molecule has 1 aromatic rings. The minimum absolute atomic E-state index is 0.241. The Hall–Kier alpha value is -1.75. The average Bonchev–Trinajstić information content (AvgIpc) is 2.04. The van der Waals surface area contributed by atoms with Gasteiger partial charge in [-0.05, 0) is 17.7 Å². The summed E-state index contributed by atoms with van der Waals surface area (Å²) >= 11 is 0. The van der Waals surface area contributed by atoms with Crippen molar-refractivity contribution in [1.29, 1.82) is 0 Å². The van der Waals surface area contributed by atoms with Gasteiger partial charge >= 0.3 is 0 Å². The van der Waals surface area contributed by atoms with Crippen molar-refractivity contribution in [2.24, 2.45) is 0 Å². The van der Waals surface area contributed by atoms with Gasteiger partial charge < -0.3 is 5.11 Å². The summed E-state index contributed by atoms with van der Waals surface area (Å²) in [6.45, 7) is 6.48. The Kier molecular flexibility index (Phi) is 2.29. The van der Waals surface area contributed by atoms with Crippen molar-refractivity contribution in [3.05, 3.63) is 47.4 Å². The molecule has 0 heterocycles. The van der Waals surface area contributed by atoms with Crippen LogP contribution in [0.1, 0.15) is 5.56 Å². The number of phenols is 1. The number of hydrogen-bond donors (Lipinski definition) is 1. The molecule has 0 fully saturated rings. The summed E-state index contributed by atoms with van der Waals surface area (Å²) in [5, 5.41) is 8.90. The first kappa shape index (κ1) is 7.36. The van der Waals surface area contributed by atoms with Crippen molar-refractivity contribution in [1.82, 2.24) is 0 Å². The summed E-state index contributed by atoms with van der Waals surface area (Å²) in [4.78, 5) is 3.06. The molecule has 0 atom stereocenters. The Morgan fingerprint density at radius 3 is 2.45 bits per heavy atom. The molecular formula is C9H7NO. The highest BCUT2D eigenvalue weighted by Gasteiger charge is 1.85. The second-order valence-electron chi connectivity index (χ2n) is 2.04. The molecule has 0 amide bonds. The Bertz CT molecular complexity index is 292. The van der Waals surface area contributed by atoms with Crippen molar-refractivity contribution in [3.8, 4) is 5.75 Å². The molecule has 0 aliphatic heterocycles. The molecule has 0 spiro atoms. The Morgan fingerprint density at radius 1 is 1.27 bits per heavy atom. The van der Waals surface area contributed by atoms with Gasteiger partial charge in [-0.1, -0.05) is 18.2 Å². The van der Waals surface area contributed by atoms with E-state index < -0.39 is 0 Å². The fourth-order valence-corrected chi connectivity index (χ4v) is 0.709. The highest BCUT2D eigenvalue weighted by Crippen LogP contribution is 2.10. The minimum atomic E-state index is 0.241. The smallest absolute Gasteiger partial charge is 0.154 e. The number of hydrogen-bond acceptors (Lipinski definition) is 1. The number of benzene rings is 1. The molecule has 11 heavy (non-hydrogen) atoms. The van der Waals surface area contributed by atoms with Gasteiger partial charge in [-0.3, -0.25) is 0 Å². The standard InChI is InChI=1S/C9H7NO/c1-10-7-6-8-2-4-9(11)5-3-8/h2-7,11H/b7-6-. The third-order valence-corrected chi connectivity index (χ3v) is 1.23. The molecule has 2 nitrogen and oxygen atoms in total. The number of rotatable bonds is 1. The molecule has 1 rings (SSSR count). The average molecular weight is 145 g/mol. The van der Waals surface area contributed by atoms with E-state index in [0.717, 1.165) is 5.56 Å². The maximum Gasteiger partial charge on any atom is 0.154 e. The second kappa shape index (κ2) is 3.43. The van der Waals surface area contributed by atoms with Gasteiger partial charge in [0.15, 0.2) is 6.20 Å². The number of nitrogens with zero attached hydrogens (tertiary/aromatic N) is 1. The maximum absolute atomic E-state index is 8.90. The highest BCUT2D eigenvalue weighted by atomic mass is 16.3. The van der Waals surface area contributed by atoms with Crippen LogP contribution >= 0.6 is 0 Å². The summed E-state index contributed by atoms with van der Waals surface area (Å²) in [5.74, 6) is 0.241. The Labute approximate surface area is 65.2 Å². The molecule has 0 aliphatic carbocycles. The van der Waals surface area contributed by atoms with E-state index in [4.69, 9.17) is 11.7 Å². The van der Waals surface area contributed by atoms with E-state index in [1.165, 1.54) is 6.20 Å². The molecule has 1 N–H and O–H groups in total. The summed E-state index contributed by atoms with van der Waals surface area (Å²) in [6.07, 6.45) is 3.07. The molecule has 0 radical (unpaired) electrons. The SMILES string of the molecule is [C-]#[N+]/C=C\c1ccc(O)cc1. The summed E-state index contributed by atoms with van der Waals surface area (Å²) in [5.41, 5.74) is 0.916. The van der Waals surface area contributed by atoms with Crippen molar-refractivity contribution in [2.75, 3.05) is 0 Å². The highest BCUT2D eigenvalue weighted by molar-refractivity contribution is 5.51. The third kappa shape index (κ3) is 2.15. The predicted molar refractivity (Wildman–Crippen MR) is 43.7 cm³/mol. The monoisotopic (exact) mass is 145 g/mol. The molecular weight excluding hydrogens is 138 g/mol. The van der Waals surface area contributed by atoms with Crippen molar-refractivity contribution in [2.45, 2.75) is 0 Å². The third-order valence-electron chi connectivity index (χ3n) is 1.23. The van der Waals surface area contributed by atoms with E-state index in [-0.39, 0.29) is 5.75 Å². The van der Waals surface area contributed by atoms with E-state index in [2.05, 4.69) is 4.85 Å². The van der Waals surface area contributed by atoms with Gasteiger partial charge in [0.25, 0.3) is 0 Å². The van der Waals surface area contributed by atoms with E-state index in [1.54, 1.807) is 30.3 Å². The summed E-state index contributed by atoms with van der Waals surface area (Å²) in [7, 11) is 0. The largest absolute Gasteiger partial charge is 0.508 e. The Balaban J connectivity index is 2.84. The van der Waals surface area contributed by atoms with E-state index in [0.29, 0.717) is 0 Å². The topological polar surface area (TPSA) is 24.6 Å². The van der Waals surface area contributed by atoms with Crippen LogP contribution in [-0.2, 0) is 0 Å². The lowest BCUT2D eigenvalue weighted by Gasteiger charge is -1.91. The van der Waals surface area contributed by atoms with Gasteiger partial charge in [-0.25, -0.2) is 4.85 Å².